The van der Waals surface area contributed by atoms with Crippen LogP contribution in [0.4, 0.5) is 0 Å². The molecule has 0 aliphatic rings. The SMILES string of the molecule is c1ccc(-c2nc(-c3ccccc3)nc(-c3cc(-c4cccc5c4sc4c5ccc5c4c4ccccc4n5-c4ccccc4)ccc3-c3cccc4c3[nH]c3c4ccc4c3c3ccccc3n4-c3ccccc3)n2)cc1. The van der Waals surface area contributed by atoms with Gasteiger partial charge in [-0.3, -0.25) is 0 Å². The molecule has 0 bridgehead atoms. The average molecular weight is 987 g/mol. The van der Waals surface area contributed by atoms with E-state index in [-0.39, 0.29) is 0 Å². The highest BCUT2D eigenvalue weighted by atomic mass is 32.1. The van der Waals surface area contributed by atoms with E-state index in [1.165, 1.54) is 63.7 Å². The summed E-state index contributed by atoms with van der Waals surface area (Å²) in [5.41, 5.74) is 16.3. The van der Waals surface area contributed by atoms with Crippen LogP contribution in [-0.4, -0.2) is 29.1 Å². The molecule has 76 heavy (non-hydrogen) atoms. The minimum Gasteiger partial charge on any atom is -0.353 e. The van der Waals surface area contributed by atoms with Crippen molar-refractivity contribution < 1.29 is 0 Å². The molecule has 5 aromatic heterocycles. The van der Waals surface area contributed by atoms with Crippen molar-refractivity contribution in [3.63, 3.8) is 0 Å². The summed E-state index contributed by atoms with van der Waals surface area (Å²) in [6.45, 7) is 0. The van der Waals surface area contributed by atoms with Gasteiger partial charge >= 0.3 is 0 Å². The van der Waals surface area contributed by atoms with Gasteiger partial charge in [0.05, 0.1) is 33.1 Å². The molecule has 0 spiro atoms. The molecule has 7 heteroatoms. The minimum atomic E-state index is 0.602. The maximum Gasteiger partial charge on any atom is 0.164 e. The molecule has 0 aliphatic carbocycles. The number of H-pyrrole nitrogens is 1. The molecule has 0 saturated carbocycles. The van der Waals surface area contributed by atoms with Crippen LogP contribution >= 0.6 is 11.3 Å². The normalized spacial score (nSPS) is 11.9. The summed E-state index contributed by atoms with van der Waals surface area (Å²) >= 11 is 1.88. The molecule has 0 amide bonds. The predicted molar refractivity (Wildman–Crippen MR) is 318 cm³/mol. The number of thiophene rings is 1. The standard InChI is InChI=1S/C69H42N6S/c1-5-19-42(20-6-1)67-71-68(43-21-7-2-8-22-43)73-69(72-67)56-41-44(47-29-17-32-52-53-38-40-60-62(66(53)76-65(47)52)55-28-14-16-34-58(55)75(60)46-25-11-4-12-26-46)35-36-48(56)49-30-18-31-50-51-37-39-59-61(64(51)70-63(49)50)54-27-13-15-33-57(54)74(59)45-23-9-3-10-24-45/h1-41,70H. The van der Waals surface area contributed by atoms with Gasteiger partial charge in [-0.15, -0.1) is 11.3 Å². The quantitative estimate of drug-likeness (QED) is 0.173. The summed E-state index contributed by atoms with van der Waals surface area (Å²) in [5.74, 6) is 1.84. The van der Waals surface area contributed by atoms with Gasteiger partial charge in [0, 0.05) is 86.1 Å². The maximum atomic E-state index is 5.40. The van der Waals surface area contributed by atoms with Gasteiger partial charge in [0.2, 0.25) is 0 Å². The molecule has 0 saturated heterocycles. The Kier molecular flexibility index (Phi) is 9.40. The van der Waals surface area contributed by atoms with E-state index in [0.29, 0.717) is 17.5 Å². The van der Waals surface area contributed by atoms with Crippen LogP contribution in [0.1, 0.15) is 0 Å². The highest BCUT2D eigenvalue weighted by molar-refractivity contribution is 7.27. The molecule has 1 N–H and O–H groups in total. The number of benzene rings is 11. The zero-order valence-corrected chi connectivity index (χ0v) is 41.6. The average Bonchev–Trinajstić information content (AvgIpc) is 4.30. The Morgan fingerprint density at radius 1 is 0.289 bits per heavy atom. The van der Waals surface area contributed by atoms with Gasteiger partial charge in [-0.25, -0.2) is 15.0 Å². The summed E-state index contributed by atoms with van der Waals surface area (Å²) in [7, 11) is 0. The fourth-order valence-electron chi connectivity index (χ4n) is 12.0. The first kappa shape index (κ1) is 42.5. The van der Waals surface area contributed by atoms with Gasteiger partial charge in [0.25, 0.3) is 0 Å². The molecule has 6 nitrogen and oxygen atoms in total. The molecule has 0 fully saturated rings. The Morgan fingerprint density at radius 3 is 1.42 bits per heavy atom. The van der Waals surface area contributed by atoms with Crippen molar-refractivity contribution in [3.8, 4) is 67.8 Å². The first-order chi connectivity index (χ1) is 37.7. The number of nitrogens with zero attached hydrogens (tertiary/aromatic N) is 5. The summed E-state index contributed by atoms with van der Waals surface area (Å²) in [6, 6.07) is 89.0. The van der Waals surface area contributed by atoms with E-state index >= 15 is 0 Å². The van der Waals surface area contributed by atoms with Crippen molar-refractivity contribution in [3.05, 3.63) is 249 Å². The van der Waals surface area contributed by atoms with Crippen LogP contribution < -0.4 is 0 Å². The zero-order chi connectivity index (χ0) is 49.8. The number of para-hydroxylation sites is 5. The Balaban J connectivity index is 0.956. The molecule has 0 radical (unpaired) electrons. The van der Waals surface area contributed by atoms with E-state index in [1.807, 2.05) is 47.7 Å². The highest BCUT2D eigenvalue weighted by Crippen LogP contribution is 2.48. The van der Waals surface area contributed by atoms with Crippen LogP contribution in [0.5, 0.6) is 0 Å². The molecular formula is C69H42N6S. The number of aromatic nitrogens is 6. The number of hydrogen-bond donors (Lipinski definition) is 1. The number of aromatic amines is 1. The number of rotatable bonds is 7. The Hall–Kier alpha value is -9.95. The van der Waals surface area contributed by atoms with Crippen molar-refractivity contribution in [2.24, 2.45) is 0 Å². The van der Waals surface area contributed by atoms with E-state index in [0.717, 1.165) is 72.3 Å². The molecule has 16 aromatic rings. The largest absolute Gasteiger partial charge is 0.353 e. The van der Waals surface area contributed by atoms with Crippen molar-refractivity contribution >= 4 is 96.9 Å². The third-order valence-corrected chi connectivity index (χ3v) is 16.6. The van der Waals surface area contributed by atoms with Crippen LogP contribution in [0.15, 0.2) is 249 Å². The summed E-state index contributed by atoms with van der Waals surface area (Å²) < 4.78 is 7.31. The van der Waals surface area contributed by atoms with Crippen LogP contribution in [0, 0.1) is 0 Å². The van der Waals surface area contributed by atoms with Crippen LogP contribution in [0.25, 0.3) is 153 Å². The molecule has 16 rings (SSSR count). The van der Waals surface area contributed by atoms with Crippen LogP contribution in [0.2, 0.25) is 0 Å². The van der Waals surface area contributed by atoms with Gasteiger partial charge in [0.15, 0.2) is 17.5 Å². The second-order valence-electron chi connectivity index (χ2n) is 19.5. The van der Waals surface area contributed by atoms with Crippen LogP contribution in [0.3, 0.4) is 0 Å². The van der Waals surface area contributed by atoms with Gasteiger partial charge < -0.3 is 14.1 Å². The van der Waals surface area contributed by atoms with E-state index in [1.54, 1.807) is 0 Å². The van der Waals surface area contributed by atoms with Crippen molar-refractivity contribution in [2.45, 2.75) is 0 Å². The third-order valence-electron chi connectivity index (χ3n) is 15.3. The van der Waals surface area contributed by atoms with Crippen molar-refractivity contribution in [2.75, 3.05) is 0 Å². The van der Waals surface area contributed by atoms with E-state index < -0.39 is 0 Å². The first-order valence-corrected chi connectivity index (χ1v) is 26.5. The third kappa shape index (κ3) is 6.43. The van der Waals surface area contributed by atoms with Gasteiger partial charge in [-0.1, -0.05) is 194 Å². The second kappa shape index (κ2) is 16.8. The summed E-state index contributed by atoms with van der Waals surface area (Å²) in [4.78, 5) is 20.0. The van der Waals surface area contributed by atoms with Gasteiger partial charge in [-0.05, 0) is 71.3 Å². The zero-order valence-electron chi connectivity index (χ0n) is 40.8. The monoisotopic (exact) mass is 986 g/mol. The number of hydrogen-bond acceptors (Lipinski definition) is 4. The maximum absolute atomic E-state index is 5.40. The van der Waals surface area contributed by atoms with E-state index in [4.69, 9.17) is 15.0 Å². The molecule has 11 aromatic carbocycles. The minimum absolute atomic E-state index is 0.602. The van der Waals surface area contributed by atoms with Crippen molar-refractivity contribution in [1.82, 2.24) is 29.1 Å². The molecule has 0 unspecified atom stereocenters. The number of nitrogens with one attached hydrogen (secondary N) is 1. The predicted octanol–water partition coefficient (Wildman–Crippen LogP) is 18.4. The van der Waals surface area contributed by atoms with Crippen molar-refractivity contribution in [1.29, 1.82) is 0 Å². The fraction of sp³-hybridized carbons (Fsp3) is 0. The van der Waals surface area contributed by atoms with E-state index in [9.17, 15) is 0 Å². The molecule has 354 valence electrons. The molecular weight excluding hydrogens is 945 g/mol. The summed E-state index contributed by atoms with van der Waals surface area (Å²) in [5, 5.41) is 9.75. The highest BCUT2D eigenvalue weighted by Gasteiger charge is 2.24. The van der Waals surface area contributed by atoms with E-state index in [2.05, 4.69) is 226 Å². The smallest absolute Gasteiger partial charge is 0.164 e. The Bertz CT molecular complexity index is 4920. The fourth-order valence-corrected chi connectivity index (χ4v) is 13.4. The first-order valence-electron chi connectivity index (χ1n) is 25.7. The van der Waals surface area contributed by atoms with Gasteiger partial charge in [0.1, 0.15) is 0 Å². The van der Waals surface area contributed by atoms with Gasteiger partial charge in [-0.2, -0.15) is 0 Å². The molecule has 0 aliphatic heterocycles. The lowest BCUT2D eigenvalue weighted by Gasteiger charge is -2.15. The lowest BCUT2D eigenvalue weighted by atomic mass is 9.92. The Labute approximate surface area is 440 Å². The molecule has 0 atom stereocenters. The lowest BCUT2D eigenvalue weighted by Crippen LogP contribution is -2.01. The lowest BCUT2D eigenvalue weighted by molar-refractivity contribution is 1.07. The second-order valence-corrected chi connectivity index (χ2v) is 20.6. The number of fused-ring (bicyclic) bond motifs is 14. The topological polar surface area (TPSA) is 64.3 Å². The summed E-state index contributed by atoms with van der Waals surface area (Å²) in [6.07, 6.45) is 0. The van der Waals surface area contributed by atoms with Crippen LogP contribution in [-0.2, 0) is 0 Å². The Morgan fingerprint density at radius 2 is 0.776 bits per heavy atom. The molecule has 5 heterocycles.